The smallest absolute Gasteiger partial charge is 0.148 e. The van der Waals surface area contributed by atoms with Gasteiger partial charge < -0.3 is 5.11 Å². The van der Waals surface area contributed by atoms with Gasteiger partial charge in [0.15, 0.2) is 0 Å². The lowest BCUT2D eigenvalue weighted by Gasteiger charge is -2.02. The van der Waals surface area contributed by atoms with Crippen LogP contribution in [0.1, 0.15) is 17.4 Å². The molecule has 4 heteroatoms. The molecule has 12 heavy (non-hydrogen) atoms. The van der Waals surface area contributed by atoms with E-state index in [0.29, 0.717) is 5.82 Å². The van der Waals surface area contributed by atoms with E-state index in [-0.39, 0.29) is 6.61 Å². The maximum atomic E-state index is 8.77. The van der Waals surface area contributed by atoms with Crippen molar-refractivity contribution >= 4 is 0 Å². The Balaban J connectivity index is 2.95. The highest BCUT2D eigenvalue weighted by atomic mass is 16.3. The maximum absolute atomic E-state index is 8.77. The first-order valence-electron chi connectivity index (χ1n) is 3.58. The van der Waals surface area contributed by atoms with Gasteiger partial charge in [0.25, 0.3) is 0 Å². The lowest BCUT2D eigenvalue weighted by atomic mass is 10.2. The first-order valence-corrected chi connectivity index (χ1v) is 3.58. The van der Waals surface area contributed by atoms with Crippen LogP contribution in [-0.4, -0.2) is 21.7 Å². The molecule has 1 unspecified atom stereocenters. The molecule has 4 nitrogen and oxygen atoms in total. The summed E-state index contributed by atoms with van der Waals surface area (Å²) in [6.45, 7) is 1.58. The largest absolute Gasteiger partial charge is 0.395 e. The van der Waals surface area contributed by atoms with Crippen molar-refractivity contribution in [2.75, 3.05) is 6.61 Å². The molecule has 1 aromatic heterocycles. The van der Waals surface area contributed by atoms with Gasteiger partial charge in [-0.25, -0.2) is 9.97 Å². The van der Waals surface area contributed by atoms with Crippen molar-refractivity contribution in [1.29, 1.82) is 5.26 Å². The number of nitriles is 1. The third kappa shape index (κ3) is 1.77. The summed E-state index contributed by atoms with van der Waals surface area (Å²) in [4.78, 5) is 7.91. The minimum atomic E-state index is -0.607. The van der Waals surface area contributed by atoms with Crippen molar-refractivity contribution in [2.24, 2.45) is 0 Å². The summed E-state index contributed by atoms with van der Waals surface area (Å²) >= 11 is 0. The highest BCUT2D eigenvalue weighted by molar-refractivity contribution is 5.10. The molecule has 0 radical (unpaired) electrons. The van der Waals surface area contributed by atoms with Gasteiger partial charge in [0, 0.05) is 11.9 Å². The minimum absolute atomic E-state index is 0.236. The standard InChI is InChI=1S/C8H9N3O/c1-6-2-3-10-8(11-6)7(4-9)5-12/h2-3,7,12H,5H2,1H3. The predicted octanol–water partition coefficient (Wildman–Crippen LogP) is 0.384. The molecule has 62 valence electrons. The van der Waals surface area contributed by atoms with Gasteiger partial charge in [-0.15, -0.1) is 0 Å². The number of rotatable bonds is 2. The van der Waals surface area contributed by atoms with Crippen LogP contribution in [0.15, 0.2) is 12.3 Å². The molecule has 1 N–H and O–H groups in total. The lowest BCUT2D eigenvalue weighted by Crippen LogP contribution is -2.06. The topological polar surface area (TPSA) is 69.8 Å². The molecule has 0 spiro atoms. The average Bonchev–Trinajstić information content (AvgIpc) is 2.07. The number of hydrogen-bond donors (Lipinski definition) is 1. The monoisotopic (exact) mass is 163 g/mol. The molecule has 1 aromatic rings. The van der Waals surface area contributed by atoms with Crippen molar-refractivity contribution in [2.45, 2.75) is 12.8 Å². The van der Waals surface area contributed by atoms with Crippen molar-refractivity contribution in [3.8, 4) is 6.07 Å². The molecule has 1 atom stereocenters. The van der Waals surface area contributed by atoms with E-state index in [1.165, 1.54) is 0 Å². The second-order valence-corrected chi connectivity index (χ2v) is 2.42. The molecule has 0 aromatic carbocycles. The van der Waals surface area contributed by atoms with Crippen LogP contribution in [0.3, 0.4) is 0 Å². The van der Waals surface area contributed by atoms with E-state index in [9.17, 15) is 0 Å². The van der Waals surface area contributed by atoms with Crippen LogP contribution in [0.2, 0.25) is 0 Å². The molecule has 1 rings (SSSR count). The molecular weight excluding hydrogens is 154 g/mol. The predicted molar refractivity (Wildman–Crippen MR) is 42.2 cm³/mol. The molecule has 0 fully saturated rings. The zero-order valence-electron chi connectivity index (χ0n) is 6.73. The summed E-state index contributed by atoms with van der Waals surface area (Å²) in [5.74, 6) is -0.218. The van der Waals surface area contributed by atoms with Crippen molar-refractivity contribution in [3.05, 3.63) is 23.8 Å². The van der Waals surface area contributed by atoms with Crippen LogP contribution in [0, 0.1) is 18.3 Å². The second kappa shape index (κ2) is 3.79. The quantitative estimate of drug-likeness (QED) is 0.684. The number of hydrogen-bond acceptors (Lipinski definition) is 4. The first kappa shape index (κ1) is 8.62. The van der Waals surface area contributed by atoms with Gasteiger partial charge in [0.05, 0.1) is 12.7 Å². The fraction of sp³-hybridized carbons (Fsp3) is 0.375. The number of nitrogens with zero attached hydrogens (tertiary/aromatic N) is 3. The Morgan fingerprint density at radius 2 is 2.50 bits per heavy atom. The zero-order valence-corrected chi connectivity index (χ0v) is 6.73. The molecule has 0 aliphatic carbocycles. The molecule has 0 bridgehead atoms. The minimum Gasteiger partial charge on any atom is -0.395 e. The van der Waals surface area contributed by atoms with E-state index in [0.717, 1.165) is 5.69 Å². The fourth-order valence-corrected chi connectivity index (χ4v) is 0.816. The maximum Gasteiger partial charge on any atom is 0.148 e. The molecule has 0 aliphatic rings. The van der Waals surface area contributed by atoms with Gasteiger partial charge in [-0.1, -0.05) is 0 Å². The Morgan fingerprint density at radius 3 is 3.00 bits per heavy atom. The Kier molecular flexibility index (Phi) is 2.72. The Bertz CT molecular complexity index is 305. The molecule has 0 aliphatic heterocycles. The highest BCUT2D eigenvalue weighted by Crippen LogP contribution is 2.07. The van der Waals surface area contributed by atoms with Gasteiger partial charge in [0.1, 0.15) is 11.7 Å². The first-order chi connectivity index (χ1) is 5.77. The van der Waals surface area contributed by atoms with E-state index in [4.69, 9.17) is 10.4 Å². The number of aliphatic hydroxyl groups is 1. The molecule has 0 amide bonds. The van der Waals surface area contributed by atoms with Crippen LogP contribution in [0.25, 0.3) is 0 Å². The molecule has 0 saturated heterocycles. The van der Waals surface area contributed by atoms with Gasteiger partial charge in [-0.2, -0.15) is 5.26 Å². The molecule has 1 heterocycles. The summed E-state index contributed by atoms with van der Waals surface area (Å²) in [6, 6.07) is 3.67. The summed E-state index contributed by atoms with van der Waals surface area (Å²) in [7, 11) is 0. The summed E-state index contributed by atoms with van der Waals surface area (Å²) in [6.07, 6.45) is 1.58. The summed E-state index contributed by atoms with van der Waals surface area (Å²) in [5, 5.41) is 17.3. The number of aliphatic hydroxyl groups excluding tert-OH is 1. The molecular formula is C8H9N3O. The number of aromatic nitrogens is 2. The SMILES string of the molecule is Cc1ccnc(C(C#N)CO)n1. The van der Waals surface area contributed by atoms with Crippen LogP contribution in [0.5, 0.6) is 0 Å². The normalized spacial score (nSPS) is 12.1. The Labute approximate surface area is 70.5 Å². The van der Waals surface area contributed by atoms with E-state index in [1.807, 2.05) is 13.0 Å². The Morgan fingerprint density at radius 1 is 1.75 bits per heavy atom. The van der Waals surface area contributed by atoms with Crippen molar-refractivity contribution < 1.29 is 5.11 Å². The van der Waals surface area contributed by atoms with E-state index in [1.54, 1.807) is 12.3 Å². The second-order valence-electron chi connectivity index (χ2n) is 2.42. The Hall–Kier alpha value is -1.47. The summed E-state index contributed by atoms with van der Waals surface area (Å²) < 4.78 is 0. The number of aryl methyl sites for hydroxylation is 1. The van der Waals surface area contributed by atoms with Crippen LogP contribution in [-0.2, 0) is 0 Å². The molecule has 0 saturated carbocycles. The van der Waals surface area contributed by atoms with Crippen molar-refractivity contribution in [1.82, 2.24) is 9.97 Å². The zero-order chi connectivity index (χ0) is 8.97. The van der Waals surface area contributed by atoms with Gasteiger partial charge in [0.2, 0.25) is 0 Å². The van der Waals surface area contributed by atoms with E-state index in [2.05, 4.69) is 9.97 Å². The van der Waals surface area contributed by atoms with Crippen LogP contribution >= 0.6 is 0 Å². The third-order valence-corrected chi connectivity index (χ3v) is 1.46. The van der Waals surface area contributed by atoms with Crippen molar-refractivity contribution in [3.63, 3.8) is 0 Å². The summed E-state index contributed by atoms with van der Waals surface area (Å²) in [5.41, 5.74) is 0.800. The average molecular weight is 163 g/mol. The van der Waals surface area contributed by atoms with E-state index < -0.39 is 5.92 Å². The van der Waals surface area contributed by atoms with Gasteiger partial charge >= 0.3 is 0 Å². The highest BCUT2D eigenvalue weighted by Gasteiger charge is 2.11. The van der Waals surface area contributed by atoms with Crippen LogP contribution < -0.4 is 0 Å². The third-order valence-electron chi connectivity index (χ3n) is 1.46. The van der Waals surface area contributed by atoms with Gasteiger partial charge in [-0.05, 0) is 13.0 Å². The van der Waals surface area contributed by atoms with Gasteiger partial charge in [-0.3, -0.25) is 0 Å². The fourth-order valence-electron chi connectivity index (χ4n) is 0.816. The lowest BCUT2D eigenvalue weighted by molar-refractivity contribution is 0.282. The van der Waals surface area contributed by atoms with Crippen LogP contribution in [0.4, 0.5) is 0 Å². The van der Waals surface area contributed by atoms with E-state index >= 15 is 0 Å².